The predicted molar refractivity (Wildman–Crippen MR) is 93.2 cm³/mol. The number of benzene rings is 2. The predicted octanol–water partition coefficient (Wildman–Crippen LogP) is 4.61. The quantitative estimate of drug-likeness (QED) is 0.629. The largest absolute Gasteiger partial charge is 0.271 e. The van der Waals surface area contributed by atoms with Gasteiger partial charge in [-0.2, -0.15) is 0 Å². The molecule has 0 fully saturated rings. The van der Waals surface area contributed by atoms with Gasteiger partial charge in [0.15, 0.2) is 0 Å². The summed E-state index contributed by atoms with van der Waals surface area (Å²) in [6.07, 6.45) is 0. The van der Waals surface area contributed by atoms with Gasteiger partial charge in [0.1, 0.15) is 0 Å². The number of hydrogen-bond donors (Lipinski definition) is 2. The van der Waals surface area contributed by atoms with Crippen molar-refractivity contribution in [2.75, 3.05) is 0 Å². The second kappa shape index (κ2) is 6.30. The van der Waals surface area contributed by atoms with Crippen molar-refractivity contribution < 1.29 is 0 Å². The molecule has 2 aromatic carbocycles. The molecule has 0 saturated carbocycles. The molecule has 0 spiro atoms. The van der Waals surface area contributed by atoms with Gasteiger partial charge in [-0.15, -0.1) is 0 Å². The van der Waals surface area contributed by atoms with E-state index in [0.29, 0.717) is 0 Å². The van der Waals surface area contributed by atoms with E-state index in [-0.39, 0.29) is 11.5 Å². The molecule has 3 N–H and O–H groups in total. The summed E-state index contributed by atoms with van der Waals surface area (Å²) in [5, 5.41) is 0. The van der Waals surface area contributed by atoms with Gasteiger partial charge >= 0.3 is 0 Å². The second-order valence-electron chi connectivity index (χ2n) is 6.50. The van der Waals surface area contributed by atoms with Crippen LogP contribution in [0.4, 0.5) is 0 Å². The summed E-state index contributed by atoms with van der Waals surface area (Å²) in [6.45, 7) is 8.75. The van der Waals surface area contributed by atoms with Crippen LogP contribution in [0.1, 0.15) is 49.1 Å². The van der Waals surface area contributed by atoms with Gasteiger partial charge in [-0.25, -0.2) is 5.43 Å². The number of nitrogens with two attached hydrogens (primary N) is 1. The van der Waals surface area contributed by atoms with E-state index in [9.17, 15) is 0 Å². The van der Waals surface area contributed by atoms with Crippen molar-refractivity contribution in [1.82, 2.24) is 5.43 Å². The van der Waals surface area contributed by atoms with E-state index in [1.807, 2.05) is 0 Å². The van der Waals surface area contributed by atoms with E-state index >= 15 is 0 Å². The molecule has 1 unspecified atom stereocenters. The van der Waals surface area contributed by atoms with E-state index in [4.69, 9.17) is 5.84 Å². The lowest BCUT2D eigenvalue weighted by Gasteiger charge is -2.22. The van der Waals surface area contributed by atoms with Crippen LogP contribution in [0, 0.1) is 6.92 Å². The van der Waals surface area contributed by atoms with E-state index in [1.54, 1.807) is 0 Å². The Hall–Kier alpha value is -1.16. The van der Waals surface area contributed by atoms with Crippen LogP contribution in [-0.4, -0.2) is 0 Å². The Morgan fingerprint density at radius 3 is 2.19 bits per heavy atom. The maximum Gasteiger partial charge on any atom is 0.0721 e. The van der Waals surface area contributed by atoms with Gasteiger partial charge in [0.2, 0.25) is 0 Å². The third-order valence-corrected chi connectivity index (χ3v) is 4.46. The molecule has 0 aliphatic carbocycles. The molecule has 2 aromatic rings. The fraction of sp³-hybridized carbons (Fsp3) is 0.333. The molecule has 0 heterocycles. The SMILES string of the molecule is Cc1ccc(Br)c(C(NN)c2ccc(C(C)(C)C)cc2)c1. The van der Waals surface area contributed by atoms with Crippen molar-refractivity contribution >= 4 is 15.9 Å². The van der Waals surface area contributed by atoms with Crippen LogP contribution in [0.2, 0.25) is 0 Å². The zero-order chi connectivity index (χ0) is 15.6. The summed E-state index contributed by atoms with van der Waals surface area (Å²) < 4.78 is 1.07. The van der Waals surface area contributed by atoms with E-state index < -0.39 is 0 Å². The average Bonchev–Trinajstić information content (AvgIpc) is 2.43. The molecular formula is C18H23BrN2. The third kappa shape index (κ3) is 3.73. The van der Waals surface area contributed by atoms with Gasteiger partial charge in [0.05, 0.1) is 6.04 Å². The van der Waals surface area contributed by atoms with E-state index in [0.717, 1.165) is 15.6 Å². The van der Waals surface area contributed by atoms with Gasteiger partial charge in [-0.3, -0.25) is 5.84 Å². The van der Waals surface area contributed by atoms with Gasteiger partial charge in [0, 0.05) is 4.47 Å². The number of hydrazine groups is 1. The van der Waals surface area contributed by atoms with Crippen molar-refractivity contribution in [3.8, 4) is 0 Å². The molecule has 0 bridgehead atoms. The standard InChI is InChI=1S/C18H23BrN2/c1-12-5-10-16(19)15(11-12)17(21-20)13-6-8-14(9-7-13)18(2,3)4/h5-11,17,21H,20H2,1-4H3. The highest BCUT2D eigenvalue weighted by Gasteiger charge is 2.18. The Labute approximate surface area is 135 Å². The number of rotatable bonds is 3. The first-order valence-electron chi connectivity index (χ1n) is 7.15. The molecule has 0 saturated heterocycles. The second-order valence-corrected chi connectivity index (χ2v) is 7.35. The molecular weight excluding hydrogens is 324 g/mol. The van der Waals surface area contributed by atoms with Crippen LogP contribution in [0.3, 0.4) is 0 Å². The first-order valence-corrected chi connectivity index (χ1v) is 7.95. The van der Waals surface area contributed by atoms with Gasteiger partial charge < -0.3 is 0 Å². The maximum atomic E-state index is 5.81. The van der Waals surface area contributed by atoms with Crippen LogP contribution < -0.4 is 11.3 Å². The smallest absolute Gasteiger partial charge is 0.0721 e. The van der Waals surface area contributed by atoms with Crippen molar-refractivity contribution in [3.63, 3.8) is 0 Å². The van der Waals surface area contributed by atoms with Crippen LogP contribution in [0.25, 0.3) is 0 Å². The minimum Gasteiger partial charge on any atom is -0.271 e. The minimum absolute atomic E-state index is 0.0201. The summed E-state index contributed by atoms with van der Waals surface area (Å²) >= 11 is 3.62. The fourth-order valence-electron chi connectivity index (χ4n) is 2.43. The molecule has 0 aromatic heterocycles. The summed E-state index contributed by atoms with van der Waals surface area (Å²) in [6, 6.07) is 15.0. The summed E-state index contributed by atoms with van der Waals surface area (Å²) in [7, 11) is 0. The van der Waals surface area contributed by atoms with Crippen molar-refractivity contribution in [2.24, 2.45) is 5.84 Å². The molecule has 2 rings (SSSR count). The van der Waals surface area contributed by atoms with Crippen molar-refractivity contribution in [1.29, 1.82) is 0 Å². The van der Waals surface area contributed by atoms with Crippen LogP contribution in [0.15, 0.2) is 46.9 Å². The molecule has 112 valence electrons. The first-order chi connectivity index (χ1) is 9.82. The summed E-state index contributed by atoms with van der Waals surface area (Å²) in [4.78, 5) is 0. The summed E-state index contributed by atoms with van der Waals surface area (Å²) in [5.74, 6) is 5.81. The molecule has 0 aliphatic heterocycles. The third-order valence-electron chi connectivity index (χ3n) is 3.74. The lowest BCUT2D eigenvalue weighted by atomic mass is 9.86. The fourth-order valence-corrected chi connectivity index (χ4v) is 2.90. The Kier molecular flexibility index (Phi) is 4.87. The molecule has 0 amide bonds. The monoisotopic (exact) mass is 346 g/mol. The van der Waals surface area contributed by atoms with Crippen molar-refractivity contribution in [3.05, 3.63) is 69.2 Å². The Balaban J connectivity index is 2.40. The number of halogens is 1. The zero-order valence-electron chi connectivity index (χ0n) is 13.1. The highest BCUT2D eigenvalue weighted by molar-refractivity contribution is 9.10. The zero-order valence-corrected chi connectivity index (χ0v) is 14.7. The first kappa shape index (κ1) is 16.2. The average molecular weight is 347 g/mol. The van der Waals surface area contributed by atoms with Crippen LogP contribution in [-0.2, 0) is 5.41 Å². The molecule has 3 heteroatoms. The highest BCUT2D eigenvalue weighted by atomic mass is 79.9. The lowest BCUT2D eigenvalue weighted by Crippen LogP contribution is -2.29. The van der Waals surface area contributed by atoms with Gasteiger partial charge in [-0.05, 0) is 35.1 Å². The molecule has 0 aliphatic rings. The van der Waals surface area contributed by atoms with Crippen LogP contribution in [0.5, 0.6) is 0 Å². The highest BCUT2D eigenvalue weighted by Crippen LogP contribution is 2.30. The summed E-state index contributed by atoms with van der Waals surface area (Å²) in [5.41, 5.74) is 7.96. The number of nitrogens with one attached hydrogen (secondary N) is 1. The number of hydrogen-bond acceptors (Lipinski definition) is 2. The van der Waals surface area contributed by atoms with E-state index in [2.05, 4.69) is 91.5 Å². The number of aryl methyl sites for hydroxylation is 1. The minimum atomic E-state index is -0.0201. The topological polar surface area (TPSA) is 38.0 Å². The van der Waals surface area contributed by atoms with Crippen LogP contribution >= 0.6 is 15.9 Å². The molecule has 2 nitrogen and oxygen atoms in total. The van der Waals surface area contributed by atoms with Crippen molar-refractivity contribution in [2.45, 2.75) is 39.2 Å². The van der Waals surface area contributed by atoms with Gasteiger partial charge in [-0.1, -0.05) is 78.7 Å². The Morgan fingerprint density at radius 1 is 1.05 bits per heavy atom. The normalized spacial score (nSPS) is 13.2. The molecule has 0 radical (unpaired) electrons. The van der Waals surface area contributed by atoms with E-state index in [1.165, 1.54) is 11.1 Å². The lowest BCUT2D eigenvalue weighted by molar-refractivity contribution is 0.588. The maximum absolute atomic E-state index is 5.81. The van der Waals surface area contributed by atoms with Gasteiger partial charge in [0.25, 0.3) is 0 Å². The Morgan fingerprint density at radius 2 is 1.67 bits per heavy atom. The Bertz CT molecular complexity index is 612. The molecule has 21 heavy (non-hydrogen) atoms. The molecule has 1 atom stereocenters.